The second-order valence-corrected chi connectivity index (χ2v) is 6.08. The minimum atomic E-state index is -4.46. The Balaban J connectivity index is 1.85. The normalized spacial score (nSPS) is 11.7. The topological polar surface area (TPSA) is 62.8 Å². The molecule has 0 amide bonds. The summed E-state index contributed by atoms with van der Waals surface area (Å²) in [7, 11) is 0. The van der Waals surface area contributed by atoms with Crippen LogP contribution in [-0.4, -0.2) is 16.0 Å². The van der Waals surface area contributed by atoms with Crippen LogP contribution in [0.3, 0.4) is 0 Å². The van der Waals surface area contributed by atoms with Crippen LogP contribution in [0.2, 0.25) is 0 Å². The first-order valence-corrected chi connectivity index (χ1v) is 7.90. The highest BCUT2D eigenvalue weighted by Crippen LogP contribution is 2.32. The summed E-state index contributed by atoms with van der Waals surface area (Å²) in [5.41, 5.74) is -0.294. The van der Waals surface area contributed by atoms with E-state index in [2.05, 4.69) is 10.2 Å². The smallest absolute Gasteiger partial charge is 0.299 e. The van der Waals surface area contributed by atoms with Gasteiger partial charge in [0.15, 0.2) is 0 Å². The van der Waals surface area contributed by atoms with E-state index >= 15 is 0 Å². The number of carbonyl (C=O) groups excluding carboxylic acids is 1. The summed E-state index contributed by atoms with van der Waals surface area (Å²) in [4.78, 5) is 24.1. The van der Waals surface area contributed by atoms with Crippen LogP contribution in [0.1, 0.15) is 22.4 Å². The van der Waals surface area contributed by atoms with Gasteiger partial charge in [-0.3, -0.25) is 9.59 Å². The molecule has 26 heavy (non-hydrogen) atoms. The summed E-state index contributed by atoms with van der Waals surface area (Å²) in [6.45, 7) is 1.38. The maximum atomic E-state index is 13.0. The lowest BCUT2D eigenvalue weighted by molar-refractivity contribution is -0.138. The Bertz CT molecular complexity index is 1040. The third-order valence-corrected chi connectivity index (χ3v) is 4.15. The van der Waals surface area contributed by atoms with Crippen LogP contribution in [0, 0.1) is 6.92 Å². The van der Waals surface area contributed by atoms with E-state index < -0.39 is 11.7 Å². The van der Waals surface area contributed by atoms with Gasteiger partial charge in [-0.1, -0.05) is 30.3 Å². The minimum absolute atomic E-state index is 0.0769. The van der Waals surface area contributed by atoms with E-state index in [4.69, 9.17) is 0 Å². The fraction of sp³-hybridized carbons (Fsp3) is 0.211. The molecule has 4 nitrogen and oxygen atoms in total. The number of aromatic amines is 1. The van der Waals surface area contributed by atoms with Crippen molar-refractivity contribution in [1.82, 2.24) is 10.2 Å². The number of fused-ring (bicyclic) bond motifs is 1. The molecule has 0 aliphatic heterocycles. The first-order chi connectivity index (χ1) is 12.3. The number of ketones is 1. The number of Topliss-reactive ketones (excluding diaryl/α,β-unsaturated/α-hetero) is 1. The molecule has 0 aliphatic carbocycles. The second-order valence-electron chi connectivity index (χ2n) is 6.08. The number of halogens is 3. The van der Waals surface area contributed by atoms with Crippen molar-refractivity contribution in [3.8, 4) is 0 Å². The summed E-state index contributed by atoms with van der Waals surface area (Å²) in [5, 5.41) is 7.24. The van der Waals surface area contributed by atoms with E-state index in [1.165, 1.54) is 19.1 Å². The molecule has 0 bridgehead atoms. The maximum absolute atomic E-state index is 13.0. The molecule has 0 fully saturated rings. The Hall–Kier alpha value is -2.96. The van der Waals surface area contributed by atoms with Gasteiger partial charge in [-0.25, -0.2) is 5.10 Å². The van der Waals surface area contributed by atoms with Gasteiger partial charge in [0.2, 0.25) is 0 Å². The Kier molecular flexibility index (Phi) is 4.63. The molecule has 3 aromatic rings. The first-order valence-electron chi connectivity index (χ1n) is 7.90. The zero-order valence-electron chi connectivity index (χ0n) is 13.9. The van der Waals surface area contributed by atoms with Crippen molar-refractivity contribution in [1.29, 1.82) is 0 Å². The van der Waals surface area contributed by atoms with Gasteiger partial charge in [-0.15, -0.1) is 0 Å². The van der Waals surface area contributed by atoms with E-state index in [9.17, 15) is 22.8 Å². The van der Waals surface area contributed by atoms with Crippen molar-refractivity contribution >= 4 is 16.6 Å². The van der Waals surface area contributed by atoms with Gasteiger partial charge in [0.05, 0.1) is 23.1 Å². The van der Waals surface area contributed by atoms with Crippen LogP contribution in [0.4, 0.5) is 13.2 Å². The highest BCUT2D eigenvalue weighted by molar-refractivity contribution is 5.89. The summed E-state index contributed by atoms with van der Waals surface area (Å²) < 4.78 is 39.0. The summed E-state index contributed by atoms with van der Waals surface area (Å²) >= 11 is 0. The zero-order chi connectivity index (χ0) is 18.9. The van der Waals surface area contributed by atoms with Gasteiger partial charge in [-0.05, 0) is 30.2 Å². The lowest BCUT2D eigenvalue weighted by Crippen LogP contribution is -2.15. The average Bonchev–Trinajstić information content (AvgIpc) is 2.58. The molecular formula is C19H15F3N2O2. The van der Waals surface area contributed by atoms with Gasteiger partial charge in [0.1, 0.15) is 5.78 Å². The van der Waals surface area contributed by atoms with E-state index in [-0.39, 0.29) is 29.7 Å². The van der Waals surface area contributed by atoms with Crippen LogP contribution in [0.25, 0.3) is 10.8 Å². The monoisotopic (exact) mass is 360 g/mol. The third kappa shape index (κ3) is 3.66. The zero-order valence-corrected chi connectivity index (χ0v) is 13.9. The Labute approximate surface area is 146 Å². The molecule has 0 saturated carbocycles. The van der Waals surface area contributed by atoms with E-state index in [0.717, 1.165) is 6.07 Å². The Morgan fingerprint density at radius 1 is 1.08 bits per heavy atom. The number of nitrogens with zero attached hydrogens (tertiary/aromatic N) is 1. The Morgan fingerprint density at radius 2 is 1.77 bits per heavy atom. The number of alkyl halides is 3. The summed E-state index contributed by atoms with van der Waals surface area (Å²) in [5.74, 6) is -0.285. The van der Waals surface area contributed by atoms with Crippen LogP contribution < -0.4 is 5.56 Å². The molecule has 134 valence electrons. The molecule has 2 aromatic carbocycles. The number of H-pyrrole nitrogens is 1. The molecule has 0 saturated heterocycles. The molecule has 1 N–H and O–H groups in total. The number of nitrogens with one attached hydrogen (secondary N) is 1. The molecule has 0 atom stereocenters. The fourth-order valence-electron chi connectivity index (χ4n) is 2.87. The van der Waals surface area contributed by atoms with Crippen LogP contribution >= 0.6 is 0 Å². The van der Waals surface area contributed by atoms with Gasteiger partial charge in [0.25, 0.3) is 5.56 Å². The fourth-order valence-corrected chi connectivity index (χ4v) is 2.87. The van der Waals surface area contributed by atoms with Crippen LogP contribution in [0.15, 0.2) is 47.3 Å². The molecule has 1 aromatic heterocycles. The lowest BCUT2D eigenvalue weighted by atomic mass is 9.99. The highest BCUT2D eigenvalue weighted by Gasteiger charge is 2.32. The van der Waals surface area contributed by atoms with Crippen molar-refractivity contribution in [2.24, 2.45) is 0 Å². The summed E-state index contributed by atoms with van der Waals surface area (Å²) in [6, 6.07) is 10.6. The lowest BCUT2D eigenvalue weighted by Gasteiger charge is -2.12. The van der Waals surface area contributed by atoms with Crippen LogP contribution in [0.5, 0.6) is 0 Å². The van der Waals surface area contributed by atoms with E-state index in [0.29, 0.717) is 22.0 Å². The molecular weight excluding hydrogens is 345 g/mol. The first kappa shape index (κ1) is 17.8. The number of aryl methyl sites for hydroxylation is 1. The summed E-state index contributed by atoms with van der Waals surface area (Å²) in [6.07, 6.45) is -4.68. The molecule has 0 radical (unpaired) electrons. The largest absolute Gasteiger partial charge is 0.416 e. The van der Waals surface area contributed by atoms with Gasteiger partial charge >= 0.3 is 6.18 Å². The molecule has 0 spiro atoms. The van der Waals surface area contributed by atoms with Gasteiger partial charge < -0.3 is 0 Å². The number of carbonyl (C=O) groups is 1. The third-order valence-electron chi connectivity index (χ3n) is 4.15. The second kappa shape index (κ2) is 6.74. The van der Waals surface area contributed by atoms with Crippen molar-refractivity contribution in [3.63, 3.8) is 0 Å². The van der Waals surface area contributed by atoms with E-state index in [1.807, 2.05) is 0 Å². The van der Waals surface area contributed by atoms with Gasteiger partial charge in [-0.2, -0.15) is 18.3 Å². The standard InChI is InChI=1S/C19H15F3N2O2/c1-11-6-7-12(9-16(11)19(20,21)22)8-13(25)10-17-14-4-2-3-5-15(14)18(26)24-23-17/h2-7,9H,8,10H2,1H3,(H,24,26). The number of benzene rings is 2. The van der Waals surface area contributed by atoms with Crippen molar-refractivity contribution in [2.45, 2.75) is 25.9 Å². The number of hydrogen-bond donors (Lipinski definition) is 1. The van der Waals surface area contributed by atoms with Crippen molar-refractivity contribution in [3.05, 3.63) is 75.2 Å². The number of rotatable bonds is 4. The predicted octanol–water partition coefficient (Wildman–Crippen LogP) is 3.60. The average molecular weight is 360 g/mol. The van der Waals surface area contributed by atoms with E-state index in [1.54, 1.807) is 24.3 Å². The molecule has 1 heterocycles. The predicted molar refractivity (Wildman–Crippen MR) is 91.0 cm³/mol. The SMILES string of the molecule is Cc1ccc(CC(=O)Cc2n[nH]c(=O)c3ccccc23)cc1C(F)(F)F. The highest BCUT2D eigenvalue weighted by atomic mass is 19.4. The maximum Gasteiger partial charge on any atom is 0.416 e. The molecule has 7 heteroatoms. The van der Waals surface area contributed by atoms with Gasteiger partial charge in [0, 0.05) is 11.8 Å². The number of hydrogen-bond acceptors (Lipinski definition) is 3. The van der Waals surface area contributed by atoms with Crippen molar-refractivity contribution in [2.75, 3.05) is 0 Å². The molecule has 0 aliphatic rings. The minimum Gasteiger partial charge on any atom is -0.299 e. The molecule has 0 unspecified atom stereocenters. The van der Waals surface area contributed by atoms with Crippen molar-refractivity contribution < 1.29 is 18.0 Å². The van der Waals surface area contributed by atoms with Crippen LogP contribution in [-0.2, 0) is 23.8 Å². The molecule has 3 rings (SSSR count). The number of aromatic nitrogens is 2. The quantitative estimate of drug-likeness (QED) is 0.773. The Morgan fingerprint density at radius 3 is 2.46 bits per heavy atom.